The summed E-state index contributed by atoms with van der Waals surface area (Å²) < 4.78 is 12.4. The Hall–Kier alpha value is -1.66. The van der Waals surface area contributed by atoms with Crippen LogP contribution in [0.15, 0.2) is 18.5 Å². The highest BCUT2D eigenvalue weighted by Gasteiger charge is 2.08. The van der Waals surface area contributed by atoms with Crippen molar-refractivity contribution < 1.29 is 9.47 Å². The van der Waals surface area contributed by atoms with E-state index in [1.54, 1.807) is 30.3 Å². The molecule has 0 aliphatic heterocycles. The summed E-state index contributed by atoms with van der Waals surface area (Å²) in [5.41, 5.74) is 0. The summed E-state index contributed by atoms with van der Waals surface area (Å²) in [4.78, 5) is 8.22. The van der Waals surface area contributed by atoms with Gasteiger partial charge in [0.2, 0.25) is 5.88 Å². The van der Waals surface area contributed by atoms with E-state index >= 15 is 0 Å². The van der Waals surface area contributed by atoms with E-state index in [1.807, 2.05) is 13.8 Å². The first-order valence-corrected chi connectivity index (χ1v) is 6.20. The molecular formula is C12H15ClN4O2. The molecule has 19 heavy (non-hydrogen) atoms. The van der Waals surface area contributed by atoms with Gasteiger partial charge in [0.25, 0.3) is 0 Å². The maximum Gasteiger partial charge on any atom is 0.224 e. The van der Waals surface area contributed by atoms with Gasteiger partial charge >= 0.3 is 0 Å². The average Bonchev–Trinajstić information content (AvgIpc) is 2.77. The predicted octanol–water partition coefficient (Wildman–Crippen LogP) is 2.85. The molecule has 0 saturated heterocycles. The summed E-state index contributed by atoms with van der Waals surface area (Å²) in [6, 6.07) is 1.82. The third-order valence-corrected chi connectivity index (χ3v) is 2.51. The van der Waals surface area contributed by atoms with E-state index in [0.29, 0.717) is 22.6 Å². The maximum absolute atomic E-state index is 5.90. The number of hydrogen-bond donors (Lipinski definition) is 0. The van der Waals surface area contributed by atoms with E-state index in [2.05, 4.69) is 15.1 Å². The summed E-state index contributed by atoms with van der Waals surface area (Å²) in [7, 11) is 1.57. The van der Waals surface area contributed by atoms with Crippen LogP contribution in [0.4, 0.5) is 0 Å². The Labute approximate surface area is 116 Å². The van der Waals surface area contributed by atoms with Gasteiger partial charge in [0, 0.05) is 19.2 Å². The molecule has 2 rings (SSSR count). The first kappa shape index (κ1) is 13.8. The molecule has 7 heteroatoms. The normalized spacial score (nSPS) is 11.0. The Morgan fingerprint density at radius 1 is 1.37 bits per heavy atom. The van der Waals surface area contributed by atoms with Crippen LogP contribution in [0.25, 0.3) is 0 Å². The van der Waals surface area contributed by atoms with Crippen molar-refractivity contribution >= 4 is 11.6 Å². The fraction of sp³-hybridized carbons (Fsp3) is 0.417. The van der Waals surface area contributed by atoms with Gasteiger partial charge in [-0.15, -0.1) is 0 Å². The van der Waals surface area contributed by atoms with Crippen LogP contribution >= 0.6 is 11.6 Å². The lowest BCUT2D eigenvalue weighted by Gasteiger charge is -2.05. The van der Waals surface area contributed by atoms with Gasteiger partial charge in [-0.05, 0) is 13.8 Å². The lowest BCUT2D eigenvalue weighted by Crippen LogP contribution is -2.00. The van der Waals surface area contributed by atoms with E-state index in [4.69, 9.17) is 21.1 Å². The molecule has 102 valence electrons. The molecule has 0 N–H and O–H groups in total. The van der Waals surface area contributed by atoms with Crippen LogP contribution in [0, 0.1) is 0 Å². The maximum atomic E-state index is 5.90. The number of hydrogen-bond acceptors (Lipinski definition) is 5. The molecule has 2 aromatic heterocycles. The Bertz CT molecular complexity index is 556. The van der Waals surface area contributed by atoms with Crippen molar-refractivity contribution in [2.24, 2.45) is 0 Å². The Morgan fingerprint density at radius 3 is 2.79 bits per heavy atom. The molecule has 0 spiro atoms. The molecule has 0 saturated carbocycles. The van der Waals surface area contributed by atoms with Crippen LogP contribution in [0.2, 0.25) is 5.15 Å². The molecule has 0 unspecified atom stereocenters. The van der Waals surface area contributed by atoms with Crippen LogP contribution in [0.3, 0.4) is 0 Å². The summed E-state index contributed by atoms with van der Waals surface area (Å²) in [5.74, 6) is 1.45. The van der Waals surface area contributed by atoms with Crippen molar-refractivity contribution in [1.29, 1.82) is 0 Å². The molecule has 0 fully saturated rings. The Balaban J connectivity index is 2.17. The summed E-state index contributed by atoms with van der Waals surface area (Å²) in [5, 5.41) is 4.50. The number of halogens is 1. The minimum Gasteiger partial charge on any atom is -0.436 e. The smallest absolute Gasteiger partial charge is 0.224 e. The second-order valence-corrected chi connectivity index (χ2v) is 4.62. The largest absolute Gasteiger partial charge is 0.436 e. The van der Waals surface area contributed by atoms with Crippen LogP contribution in [0.5, 0.6) is 11.6 Å². The first-order valence-electron chi connectivity index (χ1n) is 5.83. The number of nitrogens with zero attached hydrogens (tertiary/aromatic N) is 4. The standard InChI is InChI=1S/C12H15ClN4O2/c1-8(2)17-6-9(5-14-17)19-12-4-10(13)15-11(16-12)7-18-3/h4-6,8H,7H2,1-3H3. The van der Waals surface area contributed by atoms with Crippen LogP contribution in [0.1, 0.15) is 25.7 Å². The van der Waals surface area contributed by atoms with Crippen molar-refractivity contribution in [2.45, 2.75) is 26.5 Å². The topological polar surface area (TPSA) is 62.1 Å². The quantitative estimate of drug-likeness (QED) is 0.789. The highest BCUT2D eigenvalue weighted by Crippen LogP contribution is 2.22. The van der Waals surface area contributed by atoms with Gasteiger partial charge in [-0.25, -0.2) is 4.98 Å². The van der Waals surface area contributed by atoms with Crippen molar-refractivity contribution in [1.82, 2.24) is 19.7 Å². The molecule has 0 radical (unpaired) electrons. The predicted molar refractivity (Wildman–Crippen MR) is 70.4 cm³/mol. The zero-order valence-electron chi connectivity index (χ0n) is 11.0. The van der Waals surface area contributed by atoms with Gasteiger partial charge in [-0.1, -0.05) is 11.6 Å². The van der Waals surface area contributed by atoms with E-state index < -0.39 is 0 Å². The molecule has 0 amide bonds. The van der Waals surface area contributed by atoms with E-state index in [0.717, 1.165) is 0 Å². The number of ether oxygens (including phenoxy) is 2. The van der Waals surface area contributed by atoms with Gasteiger partial charge in [-0.2, -0.15) is 10.1 Å². The monoisotopic (exact) mass is 282 g/mol. The van der Waals surface area contributed by atoms with Crippen molar-refractivity contribution in [2.75, 3.05) is 7.11 Å². The lowest BCUT2D eigenvalue weighted by atomic mass is 10.4. The fourth-order valence-corrected chi connectivity index (χ4v) is 1.66. The third kappa shape index (κ3) is 3.65. The first-order chi connectivity index (χ1) is 9.08. The summed E-state index contributed by atoms with van der Waals surface area (Å²) in [6.07, 6.45) is 3.43. The molecule has 0 atom stereocenters. The molecular weight excluding hydrogens is 268 g/mol. The van der Waals surface area contributed by atoms with Crippen LogP contribution in [-0.4, -0.2) is 26.9 Å². The zero-order valence-corrected chi connectivity index (χ0v) is 11.8. The van der Waals surface area contributed by atoms with Crippen molar-refractivity contribution in [3.8, 4) is 11.6 Å². The lowest BCUT2D eigenvalue weighted by molar-refractivity contribution is 0.177. The van der Waals surface area contributed by atoms with Gasteiger partial charge in [0.1, 0.15) is 11.8 Å². The third-order valence-electron chi connectivity index (χ3n) is 2.32. The summed E-state index contributed by atoms with van der Waals surface area (Å²) >= 11 is 5.90. The number of rotatable bonds is 5. The second kappa shape index (κ2) is 5.99. The molecule has 2 heterocycles. The van der Waals surface area contributed by atoms with Gasteiger partial charge in [0.15, 0.2) is 11.6 Å². The van der Waals surface area contributed by atoms with Gasteiger partial charge in [-0.3, -0.25) is 4.68 Å². The molecule has 2 aromatic rings. The van der Waals surface area contributed by atoms with Crippen molar-refractivity contribution in [3.63, 3.8) is 0 Å². The number of methoxy groups -OCH3 is 1. The molecule has 0 aliphatic carbocycles. The van der Waals surface area contributed by atoms with E-state index in [9.17, 15) is 0 Å². The van der Waals surface area contributed by atoms with E-state index in [1.165, 1.54) is 0 Å². The zero-order chi connectivity index (χ0) is 13.8. The molecule has 6 nitrogen and oxygen atoms in total. The minimum absolute atomic E-state index is 0.274. The number of aromatic nitrogens is 4. The van der Waals surface area contributed by atoms with Crippen molar-refractivity contribution in [3.05, 3.63) is 29.4 Å². The highest BCUT2D eigenvalue weighted by molar-refractivity contribution is 6.29. The SMILES string of the molecule is COCc1nc(Cl)cc(Oc2cnn(C(C)C)c2)n1. The highest BCUT2D eigenvalue weighted by atomic mass is 35.5. The Morgan fingerprint density at radius 2 is 2.16 bits per heavy atom. The van der Waals surface area contributed by atoms with Gasteiger partial charge in [0.05, 0.1) is 12.4 Å². The summed E-state index contributed by atoms with van der Waals surface area (Å²) in [6.45, 7) is 4.35. The van der Waals surface area contributed by atoms with Crippen LogP contribution in [-0.2, 0) is 11.3 Å². The van der Waals surface area contributed by atoms with Crippen LogP contribution < -0.4 is 4.74 Å². The molecule has 0 aromatic carbocycles. The second-order valence-electron chi connectivity index (χ2n) is 4.23. The fourth-order valence-electron chi connectivity index (χ4n) is 1.46. The van der Waals surface area contributed by atoms with Gasteiger partial charge < -0.3 is 9.47 Å². The van der Waals surface area contributed by atoms with E-state index in [-0.39, 0.29) is 12.6 Å². The molecule has 0 aliphatic rings. The molecule has 0 bridgehead atoms. The average molecular weight is 283 g/mol. The Kier molecular flexibility index (Phi) is 4.34. The minimum atomic E-state index is 0.274.